The maximum atomic E-state index is 7.58. The molecular formula is C12H14N4O. The number of pyridine rings is 1. The van der Waals surface area contributed by atoms with Gasteiger partial charge in [0.15, 0.2) is 5.82 Å². The van der Waals surface area contributed by atoms with Gasteiger partial charge in [0.25, 0.3) is 0 Å². The molecule has 2 rings (SSSR count). The van der Waals surface area contributed by atoms with E-state index in [1.54, 1.807) is 10.7 Å². The fourth-order valence-electron chi connectivity index (χ4n) is 1.63. The van der Waals surface area contributed by atoms with Crippen LogP contribution in [0.5, 0.6) is 0 Å². The third kappa shape index (κ3) is 2.18. The molecule has 0 aliphatic carbocycles. The summed E-state index contributed by atoms with van der Waals surface area (Å²) in [7, 11) is 1.46. The van der Waals surface area contributed by atoms with E-state index in [9.17, 15) is 0 Å². The lowest BCUT2D eigenvalue weighted by Gasteiger charge is -2.06. The molecule has 0 atom stereocenters. The van der Waals surface area contributed by atoms with Crippen LogP contribution in [0.25, 0.3) is 5.82 Å². The van der Waals surface area contributed by atoms with E-state index in [4.69, 9.17) is 10.1 Å². The molecular weight excluding hydrogens is 216 g/mol. The van der Waals surface area contributed by atoms with E-state index < -0.39 is 0 Å². The van der Waals surface area contributed by atoms with Crippen LogP contribution in [0.4, 0.5) is 0 Å². The Balaban J connectivity index is 2.46. The van der Waals surface area contributed by atoms with Crippen LogP contribution in [0.15, 0.2) is 24.3 Å². The van der Waals surface area contributed by atoms with Gasteiger partial charge in [-0.1, -0.05) is 6.07 Å². The Morgan fingerprint density at radius 2 is 2.12 bits per heavy atom. The number of aryl methyl sites for hydroxylation is 2. The number of hydrogen-bond acceptors (Lipinski definition) is 4. The summed E-state index contributed by atoms with van der Waals surface area (Å²) in [4.78, 5) is 4.34. The van der Waals surface area contributed by atoms with Crippen molar-refractivity contribution >= 4 is 5.90 Å². The van der Waals surface area contributed by atoms with E-state index in [-0.39, 0.29) is 5.90 Å². The second-order valence-electron chi connectivity index (χ2n) is 3.75. The molecule has 0 radical (unpaired) electrons. The first-order chi connectivity index (χ1) is 8.11. The molecule has 0 aliphatic rings. The van der Waals surface area contributed by atoms with Gasteiger partial charge in [0.05, 0.1) is 12.8 Å². The average Bonchev–Trinajstić information content (AvgIpc) is 2.67. The molecule has 0 amide bonds. The fraction of sp³-hybridized carbons (Fsp3) is 0.250. The summed E-state index contributed by atoms with van der Waals surface area (Å²) in [6.07, 6.45) is 0. The van der Waals surface area contributed by atoms with Crippen molar-refractivity contribution in [3.63, 3.8) is 0 Å². The van der Waals surface area contributed by atoms with Crippen molar-refractivity contribution in [2.24, 2.45) is 0 Å². The molecule has 0 spiro atoms. The van der Waals surface area contributed by atoms with Gasteiger partial charge < -0.3 is 4.74 Å². The Morgan fingerprint density at radius 1 is 1.35 bits per heavy atom. The molecule has 0 fully saturated rings. The number of methoxy groups -OCH3 is 1. The highest BCUT2D eigenvalue weighted by Gasteiger charge is 2.08. The van der Waals surface area contributed by atoms with Crippen molar-refractivity contribution in [2.75, 3.05) is 7.11 Å². The van der Waals surface area contributed by atoms with Gasteiger partial charge in [0.1, 0.15) is 5.69 Å². The normalized spacial score (nSPS) is 10.3. The highest BCUT2D eigenvalue weighted by molar-refractivity contribution is 5.89. The van der Waals surface area contributed by atoms with Crippen molar-refractivity contribution in [1.29, 1.82) is 5.41 Å². The first-order valence-electron chi connectivity index (χ1n) is 5.25. The first-order valence-corrected chi connectivity index (χ1v) is 5.25. The van der Waals surface area contributed by atoms with Crippen molar-refractivity contribution in [3.05, 3.63) is 41.3 Å². The zero-order valence-corrected chi connectivity index (χ0v) is 10.1. The minimum absolute atomic E-state index is 0.0494. The third-order valence-corrected chi connectivity index (χ3v) is 2.40. The van der Waals surface area contributed by atoms with Gasteiger partial charge in [0, 0.05) is 5.69 Å². The van der Waals surface area contributed by atoms with Crippen LogP contribution >= 0.6 is 0 Å². The second-order valence-corrected chi connectivity index (χ2v) is 3.75. The molecule has 0 saturated carbocycles. The maximum Gasteiger partial charge on any atom is 0.232 e. The van der Waals surface area contributed by atoms with Crippen molar-refractivity contribution in [2.45, 2.75) is 13.8 Å². The Bertz CT molecular complexity index is 559. The zero-order valence-electron chi connectivity index (χ0n) is 10.1. The Hall–Kier alpha value is -2.17. The molecule has 2 aromatic rings. The Morgan fingerprint density at radius 3 is 2.71 bits per heavy atom. The monoisotopic (exact) mass is 230 g/mol. The van der Waals surface area contributed by atoms with Gasteiger partial charge in [-0.2, -0.15) is 5.10 Å². The molecule has 1 N–H and O–H groups in total. The number of aromatic nitrogens is 3. The van der Waals surface area contributed by atoms with E-state index in [1.165, 1.54) is 7.11 Å². The zero-order chi connectivity index (χ0) is 12.4. The lowest BCUT2D eigenvalue weighted by molar-refractivity contribution is 0.399. The van der Waals surface area contributed by atoms with Gasteiger partial charge in [0.2, 0.25) is 5.90 Å². The number of rotatable bonds is 2. The molecule has 0 aromatic carbocycles. The molecule has 2 aromatic heterocycles. The van der Waals surface area contributed by atoms with E-state index >= 15 is 0 Å². The molecule has 5 nitrogen and oxygen atoms in total. The van der Waals surface area contributed by atoms with E-state index in [0.29, 0.717) is 11.5 Å². The van der Waals surface area contributed by atoms with Crippen LogP contribution in [-0.4, -0.2) is 27.8 Å². The third-order valence-electron chi connectivity index (χ3n) is 2.40. The molecule has 0 aliphatic heterocycles. The summed E-state index contributed by atoms with van der Waals surface area (Å²) < 4.78 is 6.61. The van der Waals surface area contributed by atoms with Gasteiger partial charge in [-0.3, -0.25) is 5.41 Å². The topological polar surface area (TPSA) is 63.8 Å². The van der Waals surface area contributed by atoms with E-state index in [2.05, 4.69) is 10.1 Å². The second kappa shape index (κ2) is 4.37. The van der Waals surface area contributed by atoms with Crippen LogP contribution in [0.3, 0.4) is 0 Å². The van der Waals surface area contributed by atoms with Crippen molar-refractivity contribution < 1.29 is 4.74 Å². The van der Waals surface area contributed by atoms with Crippen LogP contribution in [-0.2, 0) is 4.74 Å². The molecule has 0 bridgehead atoms. The summed E-state index contributed by atoms with van der Waals surface area (Å²) in [6, 6.07) is 7.41. The van der Waals surface area contributed by atoms with Gasteiger partial charge in [-0.15, -0.1) is 0 Å². The lowest BCUT2D eigenvalue weighted by atomic mass is 10.3. The van der Waals surface area contributed by atoms with Crippen LogP contribution < -0.4 is 0 Å². The van der Waals surface area contributed by atoms with E-state index in [0.717, 1.165) is 11.4 Å². The van der Waals surface area contributed by atoms with Gasteiger partial charge >= 0.3 is 0 Å². The first kappa shape index (κ1) is 11.3. The van der Waals surface area contributed by atoms with E-state index in [1.807, 2.05) is 32.0 Å². The van der Waals surface area contributed by atoms with Crippen LogP contribution in [0.1, 0.15) is 17.1 Å². The number of nitrogens with zero attached hydrogens (tertiary/aromatic N) is 3. The molecule has 5 heteroatoms. The van der Waals surface area contributed by atoms with Crippen molar-refractivity contribution in [1.82, 2.24) is 14.8 Å². The number of nitrogens with one attached hydrogen (secondary N) is 1. The predicted octanol–water partition coefficient (Wildman–Crippen LogP) is 1.86. The number of hydrogen-bond donors (Lipinski definition) is 1. The minimum Gasteiger partial charge on any atom is -0.480 e. The summed E-state index contributed by atoms with van der Waals surface area (Å²) in [5.41, 5.74) is 2.45. The Kier molecular flexibility index (Phi) is 2.91. The summed E-state index contributed by atoms with van der Waals surface area (Å²) in [6.45, 7) is 3.90. The largest absolute Gasteiger partial charge is 0.480 e. The Labute approximate surface area is 99.6 Å². The number of ether oxygens (including phenoxy) is 1. The quantitative estimate of drug-likeness (QED) is 0.632. The molecule has 0 unspecified atom stereocenters. The van der Waals surface area contributed by atoms with Gasteiger partial charge in [-0.05, 0) is 32.0 Å². The van der Waals surface area contributed by atoms with Crippen molar-refractivity contribution in [3.8, 4) is 5.82 Å². The average molecular weight is 230 g/mol. The molecule has 2 heterocycles. The van der Waals surface area contributed by atoms with Crippen LogP contribution in [0, 0.1) is 19.3 Å². The summed E-state index contributed by atoms with van der Waals surface area (Å²) >= 11 is 0. The highest BCUT2D eigenvalue weighted by atomic mass is 16.5. The van der Waals surface area contributed by atoms with Crippen LogP contribution in [0.2, 0.25) is 0 Å². The predicted molar refractivity (Wildman–Crippen MR) is 64.7 cm³/mol. The summed E-state index contributed by atoms with van der Waals surface area (Å²) in [5, 5.41) is 11.9. The minimum atomic E-state index is 0.0494. The lowest BCUT2D eigenvalue weighted by Crippen LogP contribution is -2.08. The molecule has 17 heavy (non-hydrogen) atoms. The van der Waals surface area contributed by atoms with Gasteiger partial charge in [-0.25, -0.2) is 9.67 Å². The fourth-order valence-corrected chi connectivity index (χ4v) is 1.63. The smallest absolute Gasteiger partial charge is 0.232 e. The molecule has 0 saturated heterocycles. The highest BCUT2D eigenvalue weighted by Crippen LogP contribution is 2.10. The molecule has 88 valence electrons. The SMILES string of the molecule is COC(=N)c1cccc(-n2nc(C)cc2C)n1. The maximum absolute atomic E-state index is 7.58. The summed E-state index contributed by atoms with van der Waals surface area (Å²) in [5.74, 6) is 0.739. The standard InChI is InChI=1S/C12H14N4O/c1-8-7-9(2)16(15-8)11-6-4-5-10(14-11)12(13)17-3/h4-7,13H,1-3H3.